The van der Waals surface area contributed by atoms with Crippen LogP contribution in [0.25, 0.3) is 0 Å². The molecule has 200 valence electrons. The Morgan fingerprint density at radius 3 is 2.16 bits per heavy atom. The third-order valence-electron chi connectivity index (χ3n) is 7.34. The lowest BCUT2D eigenvalue weighted by Gasteiger charge is -2.35. The molecule has 0 spiro atoms. The van der Waals surface area contributed by atoms with Gasteiger partial charge < -0.3 is 14.7 Å². The molecule has 2 atom stereocenters. The summed E-state index contributed by atoms with van der Waals surface area (Å²) >= 11 is 12.5. The molecule has 0 radical (unpaired) electrons. The van der Waals surface area contributed by atoms with Crippen molar-refractivity contribution in [2.45, 2.75) is 25.3 Å². The van der Waals surface area contributed by atoms with E-state index in [9.17, 15) is 18.0 Å². The molecule has 0 aliphatic carbocycles. The first kappa shape index (κ1) is 27.7. The zero-order chi connectivity index (χ0) is 26.9. The zero-order valence-corrected chi connectivity index (χ0v) is 23.6. The number of hydrogen-bond acceptors (Lipinski definition) is 4. The van der Waals surface area contributed by atoms with Crippen molar-refractivity contribution in [3.05, 3.63) is 69.2 Å². The summed E-state index contributed by atoms with van der Waals surface area (Å²) in [4.78, 5) is 32.0. The highest BCUT2D eigenvalue weighted by molar-refractivity contribution is 7.88. The van der Waals surface area contributed by atoms with Gasteiger partial charge in [0.15, 0.2) is 0 Å². The lowest BCUT2D eigenvalue weighted by atomic mass is 9.93. The molecule has 3 amide bonds. The molecule has 37 heavy (non-hydrogen) atoms. The van der Waals surface area contributed by atoms with Crippen LogP contribution in [0, 0.1) is 0 Å². The summed E-state index contributed by atoms with van der Waals surface area (Å²) < 4.78 is 25.1. The summed E-state index contributed by atoms with van der Waals surface area (Å²) in [6.45, 7) is 4.00. The van der Waals surface area contributed by atoms with Crippen LogP contribution in [0.2, 0.25) is 10.0 Å². The fourth-order valence-electron chi connectivity index (χ4n) is 5.05. The maximum absolute atomic E-state index is 13.5. The van der Waals surface area contributed by atoms with Gasteiger partial charge in [-0.1, -0.05) is 48.3 Å². The number of piperazine rings is 1. The van der Waals surface area contributed by atoms with Gasteiger partial charge >= 0.3 is 6.03 Å². The highest BCUT2D eigenvalue weighted by Gasteiger charge is 2.42. The Morgan fingerprint density at radius 1 is 0.946 bits per heavy atom. The molecular formula is C26H32Cl2N4O4S. The fourth-order valence-corrected chi connectivity index (χ4v) is 6.19. The van der Waals surface area contributed by atoms with Crippen molar-refractivity contribution in [1.29, 1.82) is 0 Å². The van der Waals surface area contributed by atoms with Gasteiger partial charge in [0.25, 0.3) is 5.91 Å². The number of rotatable bonds is 5. The van der Waals surface area contributed by atoms with Crippen molar-refractivity contribution in [2.75, 3.05) is 52.6 Å². The van der Waals surface area contributed by atoms with Crippen molar-refractivity contribution in [1.82, 2.24) is 19.0 Å². The minimum atomic E-state index is -3.29. The van der Waals surface area contributed by atoms with Crippen LogP contribution in [0.3, 0.4) is 0 Å². The number of hydrogen-bond donors (Lipinski definition) is 0. The average molecular weight is 568 g/mol. The fraction of sp³-hybridized carbons (Fsp3) is 0.462. The average Bonchev–Trinajstić information content (AvgIpc) is 3.34. The standard InChI is InChI=1S/C26H32Cl2N4O4S/c1-4-18-5-7-19(8-6-18)25(33)29(2)24-17-31(16-21(24)20-9-10-22(27)23(28)15-20)26(34)30-11-13-32(14-12-30)37(3,35)36/h5-10,15,21,24H,4,11-14,16-17H2,1-3H3/t21-,24+/m0/s1. The van der Waals surface area contributed by atoms with E-state index in [1.54, 1.807) is 33.9 Å². The van der Waals surface area contributed by atoms with Crippen molar-refractivity contribution < 1.29 is 18.0 Å². The zero-order valence-electron chi connectivity index (χ0n) is 21.2. The second kappa shape index (κ2) is 11.2. The SMILES string of the molecule is CCc1ccc(C(=O)N(C)[C@@H]2CN(C(=O)N3CCN(S(C)(=O)=O)CC3)C[C@H]2c2ccc(Cl)c(Cl)c2)cc1. The van der Waals surface area contributed by atoms with E-state index in [0.29, 0.717) is 41.8 Å². The molecule has 0 saturated carbocycles. The number of sulfonamides is 1. The molecule has 0 unspecified atom stereocenters. The van der Waals surface area contributed by atoms with Gasteiger partial charge in [-0.15, -0.1) is 0 Å². The van der Waals surface area contributed by atoms with Gasteiger partial charge in [0.2, 0.25) is 10.0 Å². The summed E-state index contributed by atoms with van der Waals surface area (Å²) in [5.41, 5.74) is 2.65. The number of benzene rings is 2. The van der Waals surface area contributed by atoms with Crippen LogP contribution >= 0.6 is 23.2 Å². The molecular weight excluding hydrogens is 535 g/mol. The Labute approximate surface area is 228 Å². The first-order chi connectivity index (χ1) is 17.5. The van der Waals surface area contributed by atoms with E-state index in [1.165, 1.54) is 10.6 Å². The minimum Gasteiger partial charge on any atom is -0.336 e. The topological polar surface area (TPSA) is 81.2 Å². The number of carbonyl (C=O) groups excluding carboxylic acids is 2. The van der Waals surface area contributed by atoms with Gasteiger partial charge in [-0.2, -0.15) is 4.31 Å². The number of likely N-dealkylation sites (N-methyl/N-ethyl adjacent to an activating group) is 1. The quantitative estimate of drug-likeness (QED) is 0.551. The Balaban J connectivity index is 1.56. The number of amides is 3. The number of carbonyl (C=O) groups is 2. The predicted octanol–water partition coefficient (Wildman–Crippen LogP) is 3.79. The molecule has 0 aromatic heterocycles. The van der Waals surface area contributed by atoms with Gasteiger partial charge in [0.05, 0.1) is 22.3 Å². The molecule has 0 bridgehead atoms. The van der Waals surface area contributed by atoms with Gasteiger partial charge in [-0.25, -0.2) is 13.2 Å². The smallest absolute Gasteiger partial charge is 0.320 e. The number of urea groups is 1. The van der Waals surface area contributed by atoms with E-state index >= 15 is 0 Å². The summed E-state index contributed by atoms with van der Waals surface area (Å²) in [6.07, 6.45) is 2.07. The lowest BCUT2D eigenvalue weighted by molar-refractivity contribution is 0.0723. The van der Waals surface area contributed by atoms with E-state index in [4.69, 9.17) is 23.2 Å². The predicted molar refractivity (Wildman–Crippen MR) is 146 cm³/mol. The maximum Gasteiger partial charge on any atom is 0.320 e. The van der Waals surface area contributed by atoms with E-state index in [-0.39, 0.29) is 37.0 Å². The highest BCUT2D eigenvalue weighted by atomic mass is 35.5. The summed E-state index contributed by atoms with van der Waals surface area (Å²) in [6, 6.07) is 12.6. The largest absolute Gasteiger partial charge is 0.336 e. The van der Waals surface area contributed by atoms with E-state index in [0.717, 1.165) is 17.5 Å². The Hall–Kier alpha value is -2.33. The minimum absolute atomic E-state index is 0.117. The van der Waals surface area contributed by atoms with Crippen molar-refractivity contribution in [3.63, 3.8) is 0 Å². The summed E-state index contributed by atoms with van der Waals surface area (Å²) in [5.74, 6) is -0.284. The molecule has 2 heterocycles. The molecule has 4 rings (SSSR count). The van der Waals surface area contributed by atoms with Gasteiger partial charge in [0, 0.05) is 57.8 Å². The van der Waals surface area contributed by atoms with Crippen LogP contribution in [0.5, 0.6) is 0 Å². The molecule has 2 aromatic rings. The third kappa shape index (κ3) is 6.06. The molecule has 0 N–H and O–H groups in total. The monoisotopic (exact) mass is 566 g/mol. The van der Waals surface area contributed by atoms with E-state index < -0.39 is 10.0 Å². The normalized spacial score (nSPS) is 20.8. The second-order valence-corrected chi connectivity index (χ2v) is 12.4. The maximum atomic E-state index is 13.5. The van der Waals surface area contributed by atoms with Crippen LogP contribution in [0.4, 0.5) is 4.79 Å². The van der Waals surface area contributed by atoms with Gasteiger partial charge in [-0.3, -0.25) is 4.79 Å². The Bertz CT molecular complexity index is 1260. The van der Waals surface area contributed by atoms with Crippen LogP contribution in [0.1, 0.15) is 34.3 Å². The highest BCUT2D eigenvalue weighted by Crippen LogP contribution is 2.35. The molecule has 2 aliphatic heterocycles. The van der Waals surface area contributed by atoms with Crippen molar-refractivity contribution in [2.24, 2.45) is 0 Å². The number of likely N-dealkylation sites (tertiary alicyclic amines) is 1. The van der Waals surface area contributed by atoms with E-state index in [2.05, 4.69) is 6.92 Å². The lowest BCUT2D eigenvalue weighted by Crippen LogP contribution is -2.53. The number of aryl methyl sites for hydroxylation is 1. The van der Waals surface area contributed by atoms with Crippen LogP contribution in [-0.2, 0) is 16.4 Å². The van der Waals surface area contributed by atoms with E-state index in [1.807, 2.05) is 30.3 Å². The second-order valence-electron chi connectivity index (χ2n) is 9.65. The molecule has 2 aromatic carbocycles. The molecule has 2 fully saturated rings. The summed E-state index contributed by atoms with van der Waals surface area (Å²) in [7, 11) is -1.52. The van der Waals surface area contributed by atoms with Crippen LogP contribution in [-0.4, -0.2) is 98.0 Å². The summed E-state index contributed by atoms with van der Waals surface area (Å²) in [5, 5.41) is 0.862. The van der Waals surface area contributed by atoms with Crippen LogP contribution in [0.15, 0.2) is 42.5 Å². The Morgan fingerprint density at radius 2 is 1.59 bits per heavy atom. The van der Waals surface area contributed by atoms with Gasteiger partial charge in [0.1, 0.15) is 0 Å². The number of nitrogens with zero attached hydrogens (tertiary/aromatic N) is 4. The van der Waals surface area contributed by atoms with Crippen molar-refractivity contribution in [3.8, 4) is 0 Å². The molecule has 2 saturated heterocycles. The number of halogens is 2. The van der Waals surface area contributed by atoms with Crippen LogP contribution < -0.4 is 0 Å². The van der Waals surface area contributed by atoms with Crippen molar-refractivity contribution >= 4 is 45.2 Å². The Kier molecular flexibility index (Phi) is 8.38. The van der Waals surface area contributed by atoms with Gasteiger partial charge in [-0.05, 0) is 41.8 Å². The molecule has 2 aliphatic rings. The molecule has 11 heteroatoms. The molecule has 8 nitrogen and oxygen atoms in total. The first-order valence-corrected chi connectivity index (χ1v) is 14.9. The third-order valence-corrected chi connectivity index (χ3v) is 9.38. The first-order valence-electron chi connectivity index (χ1n) is 12.3.